The van der Waals surface area contributed by atoms with Crippen molar-refractivity contribution < 1.29 is 0 Å². The average Bonchev–Trinajstić information content (AvgIpc) is 3.26. The van der Waals surface area contributed by atoms with Gasteiger partial charge in [-0.1, -0.05) is 24.3 Å². The van der Waals surface area contributed by atoms with Crippen LogP contribution in [-0.4, -0.2) is 8.75 Å². The molecule has 5 aromatic rings. The molecule has 0 radical (unpaired) electrons. The molecule has 1 heterocycles. The minimum Gasteiger partial charge on any atom is -0.311 e. The molecule has 0 saturated carbocycles. The quantitative estimate of drug-likeness (QED) is 0.188. The molecule has 3 nitrogen and oxygen atoms in total. The summed E-state index contributed by atoms with van der Waals surface area (Å²) < 4.78 is 11.3. The Labute approximate surface area is 206 Å². The summed E-state index contributed by atoms with van der Waals surface area (Å²) in [7, 11) is 0. The molecular weight excluding hydrogens is 616 g/mol. The number of fused-ring (bicyclic) bond motifs is 1. The summed E-state index contributed by atoms with van der Waals surface area (Å²) in [6, 6.07) is 32.0. The van der Waals surface area contributed by atoms with Gasteiger partial charge in [-0.25, -0.2) is 0 Å². The largest absolute Gasteiger partial charge is 0.311 e. The Balaban J connectivity index is 1.58. The molecule has 146 valence electrons. The Morgan fingerprint density at radius 2 is 1.13 bits per heavy atom. The van der Waals surface area contributed by atoms with Crippen LogP contribution >= 0.6 is 56.9 Å². The predicted octanol–water partition coefficient (Wildman–Crippen LogP) is 8.04. The van der Waals surface area contributed by atoms with Gasteiger partial charge < -0.3 is 4.90 Å². The van der Waals surface area contributed by atoms with Crippen LogP contribution in [0.4, 0.5) is 17.1 Å². The predicted molar refractivity (Wildman–Crippen MR) is 143 cm³/mol. The SMILES string of the molecule is Ic1ccc(N(c2ccc(I)cc2)c2ccc(-c3cccc4nsnc34)cc2)cc1. The molecule has 4 aromatic carbocycles. The van der Waals surface area contributed by atoms with Crippen LogP contribution < -0.4 is 4.90 Å². The molecular formula is C24H15I2N3S. The molecule has 0 spiro atoms. The first-order valence-corrected chi connectivity index (χ1v) is 12.2. The lowest BCUT2D eigenvalue weighted by Crippen LogP contribution is -2.09. The monoisotopic (exact) mass is 631 g/mol. The van der Waals surface area contributed by atoms with Crippen molar-refractivity contribution >= 4 is 85.0 Å². The van der Waals surface area contributed by atoms with Crippen LogP contribution in [0.5, 0.6) is 0 Å². The van der Waals surface area contributed by atoms with Crippen LogP contribution in [0.2, 0.25) is 0 Å². The summed E-state index contributed by atoms with van der Waals surface area (Å²) in [6.45, 7) is 0. The van der Waals surface area contributed by atoms with Gasteiger partial charge in [0, 0.05) is 29.8 Å². The molecule has 5 rings (SSSR count). The second-order valence-electron chi connectivity index (χ2n) is 6.77. The van der Waals surface area contributed by atoms with E-state index >= 15 is 0 Å². The lowest BCUT2D eigenvalue weighted by Gasteiger charge is -2.25. The number of halogens is 2. The van der Waals surface area contributed by atoms with Crippen LogP contribution in [0.25, 0.3) is 22.2 Å². The zero-order valence-electron chi connectivity index (χ0n) is 15.7. The molecule has 6 heteroatoms. The van der Waals surface area contributed by atoms with Crippen molar-refractivity contribution in [2.24, 2.45) is 0 Å². The standard InChI is InChI=1S/C24H15I2N3S/c25-17-6-12-20(13-7-17)29(21-14-8-18(26)9-15-21)19-10-4-16(5-11-19)22-2-1-3-23-24(22)28-30-27-23/h1-15H. The van der Waals surface area contributed by atoms with Crippen LogP contribution in [0, 0.1) is 7.14 Å². The molecule has 0 amide bonds. The molecule has 30 heavy (non-hydrogen) atoms. The Bertz CT molecular complexity index is 1250. The minimum absolute atomic E-state index is 0.945. The highest BCUT2D eigenvalue weighted by atomic mass is 127. The fourth-order valence-corrected chi connectivity index (χ4v) is 4.73. The number of benzene rings is 4. The number of hydrogen-bond donors (Lipinski definition) is 0. The van der Waals surface area contributed by atoms with Crippen molar-refractivity contribution in [3.05, 3.63) is 98.1 Å². The van der Waals surface area contributed by atoms with Crippen molar-refractivity contribution in [3.63, 3.8) is 0 Å². The third-order valence-electron chi connectivity index (χ3n) is 4.89. The zero-order valence-corrected chi connectivity index (χ0v) is 20.8. The summed E-state index contributed by atoms with van der Waals surface area (Å²) in [5, 5.41) is 0. The first-order valence-electron chi connectivity index (χ1n) is 9.32. The van der Waals surface area contributed by atoms with Crippen molar-refractivity contribution in [1.29, 1.82) is 0 Å². The lowest BCUT2D eigenvalue weighted by molar-refractivity contribution is 1.28. The summed E-state index contributed by atoms with van der Waals surface area (Å²) >= 11 is 5.94. The molecule has 0 bridgehead atoms. The van der Waals surface area contributed by atoms with Gasteiger partial charge in [-0.15, -0.1) is 0 Å². The molecule has 0 saturated heterocycles. The topological polar surface area (TPSA) is 29.0 Å². The highest BCUT2D eigenvalue weighted by Crippen LogP contribution is 2.36. The van der Waals surface area contributed by atoms with Crippen molar-refractivity contribution in [2.45, 2.75) is 0 Å². The van der Waals surface area contributed by atoms with Crippen LogP contribution in [0.1, 0.15) is 0 Å². The third-order valence-corrected chi connectivity index (χ3v) is 6.87. The number of anilines is 3. The summed E-state index contributed by atoms with van der Waals surface area (Å²) in [5.41, 5.74) is 7.54. The van der Waals surface area contributed by atoms with E-state index in [2.05, 4.69) is 138 Å². The minimum atomic E-state index is 0.945. The fourth-order valence-electron chi connectivity index (χ4n) is 3.46. The Hall–Kier alpha value is -2.04. The number of hydrogen-bond acceptors (Lipinski definition) is 4. The van der Waals surface area contributed by atoms with E-state index in [-0.39, 0.29) is 0 Å². The van der Waals surface area contributed by atoms with Gasteiger partial charge in [0.1, 0.15) is 11.0 Å². The van der Waals surface area contributed by atoms with Gasteiger partial charge in [0.15, 0.2) is 0 Å². The van der Waals surface area contributed by atoms with E-state index in [4.69, 9.17) is 0 Å². The van der Waals surface area contributed by atoms with Crippen molar-refractivity contribution in [1.82, 2.24) is 8.75 Å². The van der Waals surface area contributed by atoms with Crippen LogP contribution in [-0.2, 0) is 0 Å². The van der Waals surface area contributed by atoms with Crippen LogP contribution in [0.3, 0.4) is 0 Å². The lowest BCUT2D eigenvalue weighted by atomic mass is 10.0. The first-order chi connectivity index (χ1) is 14.7. The molecule has 0 aliphatic carbocycles. The maximum absolute atomic E-state index is 4.48. The van der Waals surface area contributed by atoms with E-state index < -0.39 is 0 Å². The molecule has 0 atom stereocenters. The highest BCUT2D eigenvalue weighted by molar-refractivity contribution is 14.1. The maximum Gasteiger partial charge on any atom is 0.112 e. The summed E-state index contributed by atoms with van der Waals surface area (Å²) in [4.78, 5) is 2.28. The van der Waals surface area contributed by atoms with Crippen molar-refractivity contribution in [3.8, 4) is 11.1 Å². The first kappa shape index (κ1) is 19.9. The molecule has 0 fully saturated rings. The summed E-state index contributed by atoms with van der Waals surface area (Å²) in [5.74, 6) is 0. The van der Waals surface area contributed by atoms with E-state index in [1.165, 1.54) is 18.9 Å². The van der Waals surface area contributed by atoms with E-state index in [1.807, 2.05) is 12.1 Å². The third kappa shape index (κ3) is 3.95. The van der Waals surface area contributed by atoms with Gasteiger partial charge >= 0.3 is 0 Å². The number of nitrogens with zero attached hydrogens (tertiary/aromatic N) is 3. The van der Waals surface area contributed by atoms with Gasteiger partial charge in [-0.3, -0.25) is 0 Å². The van der Waals surface area contributed by atoms with Gasteiger partial charge in [0.25, 0.3) is 0 Å². The van der Waals surface area contributed by atoms with Crippen molar-refractivity contribution in [2.75, 3.05) is 4.90 Å². The number of rotatable bonds is 4. The van der Waals surface area contributed by atoms with E-state index in [0.29, 0.717) is 0 Å². The van der Waals surface area contributed by atoms with Gasteiger partial charge in [-0.05, 0) is 117 Å². The molecule has 0 unspecified atom stereocenters. The molecule has 1 aromatic heterocycles. The molecule has 0 aliphatic heterocycles. The normalized spacial score (nSPS) is 11.0. The summed E-state index contributed by atoms with van der Waals surface area (Å²) in [6.07, 6.45) is 0. The van der Waals surface area contributed by atoms with E-state index in [1.54, 1.807) is 0 Å². The molecule has 0 N–H and O–H groups in total. The smallest absolute Gasteiger partial charge is 0.112 e. The second-order valence-corrected chi connectivity index (χ2v) is 9.79. The van der Waals surface area contributed by atoms with Crippen LogP contribution in [0.15, 0.2) is 91.0 Å². The second kappa shape index (κ2) is 8.60. The van der Waals surface area contributed by atoms with Gasteiger partial charge in [0.05, 0.1) is 11.7 Å². The zero-order chi connectivity index (χ0) is 20.5. The number of aromatic nitrogens is 2. The highest BCUT2D eigenvalue weighted by Gasteiger charge is 2.13. The average molecular weight is 631 g/mol. The fraction of sp³-hybridized carbons (Fsp3) is 0. The van der Waals surface area contributed by atoms with Gasteiger partial charge in [0.2, 0.25) is 0 Å². The maximum atomic E-state index is 4.48. The van der Waals surface area contributed by atoms with Gasteiger partial charge in [-0.2, -0.15) is 8.75 Å². The Morgan fingerprint density at radius 3 is 1.70 bits per heavy atom. The molecule has 0 aliphatic rings. The Morgan fingerprint density at radius 1 is 0.600 bits per heavy atom. The Kier molecular flexibility index (Phi) is 5.70. The van der Waals surface area contributed by atoms with E-state index in [9.17, 15) is 0 Å². The van der Waals surface area contributed by atoms with E-state index in [0.717, 1.165) is 39.2 Å².